The van der Waals surface area contributed by atoms with E-state index in [2.05, 4.69) is 10.6 Å². The van der Waals surface area contributed by atoms with Gasteiger partial charge in [0.05, 0.1) is 29.5 Å². The van der Waals surface area contributed by atoms with Gasteiger partial charge in [0.25, 0.3) is 5.91 Å². The van der Waals surface area contributed by atoms with E-state index >= 15 is 0 Å². The van der Waals surface area contributed by atoms with Gasteiger partial charge in [-0.1, -0.05) is 12.2 Å². The van der Waals surface area contributed by atoms with Crippen molar-refractivity contribution in [1.82, 2.24) is 10.6 Å². The Hall–Kier alpha value is -3.24. The van der Waals surface area contributed by atoms with Crippen LogP contribution < -0.4 is 16.4 Å². The minimum Gasteiger partial charge on any atom is -0.516 e. The van der Waals surface area contributed by atoms with Crippen molar-refractivity contribution < 1.29 is 14.6 Å². The van der Waals surface area contributed by atoms with Crippen molar-refractivity contribution in [3.05, 3.63) is 70.3 Å². The van der Waals surface area contributed by atoms with Crippen LogP contribution in [0.25, 0.3) is 0 Å². The molecule has 0 aromatic carbocycles. The molecule has 2 rings (SSSR count). The van der Waals surface area contributed by atoms with Crippen LogP contribution in [-0.4, -0.2) is 29.9 Å². The molecular weight excluding hydrogens is 344 g/mol. The van der Waals surface area contributed by atoms with Crippen LogP contribution in [0.4, 0.5) is 0 Å². The monoisotopic (exact) mass is 368 g/mol. The highest BCUT2D eigenvalue weighted by Gasteiger charge is 2.36. The van der Waals surface area contributed by atoms with Crippen LogP contribution in [0.3, 0.4) is 0 Å². The normalized spacial score (nSPS) is 23.0. The Balaban J connectivity index is 2.62. The zero-order chi connectivity index (χ0) is 20.0. The maximum absolute atomic E-state index is 12.1. The standard InChI is InChI=1S/C20H24N4O3/c1-4-27-20-17-15(7-5-6-14(10-21)8-9-25)16(19(22)26)13(3)24-18(17)12(2)11-23-20/h5-9,11,18,20,23-25H,4H2,1-3H3,(H2,22,26)/b7-5+,9-8+,14-6+. The molecule has 2 atom stereocenters. The second-order valence-corrected chi connectivity index (χ2v) is 6.11. The van der Waals surface area contributed by atoms with Crippen LogP contribution in [0.15, 0.2) is 70.3 Å². The lowest BCUT2D eigenvalue weighted by atomic mass is 9.83. The molecular formula is C20H24N4O3. The fraction of sp³-hybridized carbons (Fsp3) is 0.300. The molecule has 2 heterocycles. The molecule has 7 heteroatoms. The summed E-state index contributed by atoms with van der Waals surface area (Å²) in [5, 5.41) is 24.4. The van der Waals surface area contributed by atoms with E-state index < -0.39 is 12.1 Å². The Bertz CT molecular complexity index is 838. The summed E-state index contributed by atoms with van der Waals surface area (Å²) in [5.41, 5.74) is 9.53. The molecule has 2 aliphatic rings. The summed E-state index contributed by atoms with van der Waals surface area (Å²) >= 11 is 0. The molecule has 0 aromatic heterocycles. The number of nitrogens with zero attached hydrogens (tertiary/aromatic N) is 1. The number of amides is 1. The van der Waals surface area contributed by atoms with Crippen molar-refractivity contribution >= 4 is 5.91 Å². The molecule has 0 saturated carbocycles. The fourth-order valence-electron chi connectivity index (χ4n) is 3.16. The van der Waals surface area contributed by atoms with Gasteiger partial charge in [0, 0.05) is 24.1 Å². The summed E-state index contributed by atoms with van der Waals surface area (Å²) in [6.45, 7) is 6.18. The van der Waals surface area contributed by atoms with Crippen molar-refractivity contribution in [2.75, 3.05) is 6.61 Å². The zero-order valence-electron chi connectivity index (χ0n) is 15.6. The third kappa shape index (κ3) is 4.30. The second kappa shape index (κ2) is 8.92. The van der Waals surface area contributed by atoms with E-state index in [1.807, 2.05) is 26.1 Å². The van der Waals surface area contributed by atoms with E-state index in [1.54, 1.807) is 25.2 Å². The molecule has 7 nitrogen and oxygen atoms in total. The van der Waals surface area contributed by atoms with Gasteiger partial charge in [0.1, 0.15) is 0 Å². The quantitative estimate of drug-likeness (QED) is 0.323. The number of aliphatic hydroxyl groups is 1. The third-order valence-corrected chi connectivity index (χ3v) is 4.33. The number of nitrogens with two attached hydrogens (primary N) is 1. The number of dihydropyridines is 1. The lowest BCUT2D eigenvalue weighted by Crippen LogP contribution is -2.49. The molecule has 2 aliphatic heterocycles. The Morgan fingerprint density at radius 1 is 1.48 bits per heavy atom. The average molecular weight is 368 g/mol. The van der Waals surface area contributed by atoms with Gasteiger partial charge < -0.3 is 26.2 Å². The van der Waals surface area contributed by atoms with Crippen molar-refractivity contribution in [1.29, 1.82) is 5.26 Å². The maximum Gasteiger partial charge on any atom is 0.251 e. The highest BCUT2D eigenvalue weighted by molar-refractivity contribution is 5.99. The SMILES string of the molecule is CCOC1NC=C(C)C2NC(C)=C(C(N)=O)C(/C=C/C=C(C#N)\C=C\O)=C12. The van der Waals surface area contributed by atoms with Crippen molar-refractivity contribution in [3.63, 3.8) is 0 Å². The highest BCUT2D eigenvalue weighted by atomic mass is 16.5. The van der Waals surface area contributed by atoms with Gasteiger partial charge in [-0.15, -0.1) is 0 Å². The predicted molar refractivity (Wildman–Crippen MR) is 103 cm³/mol. The Kier molecular flexibility index (Phi) is 6.63. The molecule has 0 saturated heterocycles. The Morgan fingerprint density at radius 2 is 2.22 bits per heavy atom. The summed E-state index contributed by atoms with van der Waals surface area (Å²) in [7, 11) is 0. The topological polar surface area (TPSA) is 120 Å². The van der Waals surface area contributed by atoms with E-state index in [0.29, 0.717) is 23.5 Å². The van der Waals surface area contributed by atoms with Crippen LogP contribution >= 0.6 is 0 Å². The molecule has 0 radical (unpaired) electrons. The number of rotatable bonds is 6. The third-order valence-electron chi connectivity index (χ3n) is 4.33. The van der Waals surface area contributed by atoms with Crippen LogP contribution in [0.5, 0.6) is 0 Å². The Morgan fingerprint density at radius 3 is 2.81 bits per heavy atom. The summed E-state index contributed by atoms with van der Waals surface area (Å²) in [5.74, 6) is -0.548. The molecule has 5 N–H and O–H groups in total. The second-order valence-electron chi connectivity index (χ2n) is 6.11. The summed E-state index contributed by atoms with van der Waals surface area (Å²) in [6, 6.07) is 1.84. The van der Waals surface area contributed by atoms with Gasteiger partial charge >= 0.3 is 0 Å². The molecule has 0 aromatic rings. The number of nitrogens with one attached hydrogen (secondary N) is 2. The number of carbonyl (C=O) groups excluding carboxylic acids is 1. The smallest absolute Gasteiger partial charge is 0.251 e. The van der Waals surface area contributed by atoms with Crippen molar-refractivity contribution in [2.24, 2.45) is 5.73 Å². The molecule has 142 valence electrons. The summed E-state index contributed by atoms with van der Waals surface area (Å²) in [6.07, 6.45) is 8.49. The maximum atomic E-state index is 12.1. The van der Waals surface area contributed by atoms with E-state index in [1.165, 1.54) is 6.08 Å². The first-order chi connectivity index (χ1) is 12.9. The van der Waals surface area contributed by atoms with Crippen LogP contribution in [-0.2, 0) is 9.53 Å². The first-order valence-corrected chi connectivity index (χ1v) is 8.59. The number of carbonyl (C=O) groups is 1. The number of hydrogen-bond donors (Lipinski definition) is 4. The number of ether oxygens (including phenoxy) is 1. The Labute approximate surface area is 158 Å². The van der Waals surface area contributed by atoms with E-state index in [4.69, 9.17) is 20.8 Å². The first kappa shape index (κ1) is 20.1. The summed E-state index contributed by atoms with van der Waals surface area (Å²) in [4.78, 5) is 12.1. The lowest BCUT2D eigenvalue weighted by Gasteiger charge is -2.39. The average Bonchev–Trinajstić information content (AvgIpc) is 2.63. The zero-order valence-corrected chi connectivity index (χ0v) is 15.6. The van der Waals surface area contributed by atoms with Gasteiger partial charge in [-0.05, 0) is 44.1 Å². The fourth-order valence-corrected chi connectivity index (χ4v) is 3.16. The number of hydrogen-bond acceptors (Lipinski definition) is 6. The number of nitriles is 1. The number of aliphatic hydroxyl groups excluding tert-OH is 1. The van der Waals surface area contributed by atoms with Crippen molar-refractivity contribution in [3.8, 4) is 6.07 Å². The first-order valence-electron chi connectivity index (χ1n) is 8.59. The molecule has 27 heavy (non-hydrogen) atoms. The number of allylic oxidation sites excluding steroid dienone is 6. The summed E-state index contributed by atoms with van der Waals surface area (Å²) < 4.78 is 5.81. The van der Waals surface area contributed by atoms with E-state index in [-0.39, 0.29) is 11.6 Å². The van der Waals surface area contributed by atoms with E-state index in [9.17, 15) is 4.79 Å². The minimum atomic E-state index is -0.548. The predicted octanol–water partition coefficient (Wildman–Crippen LogP) is 1.96. The molecule has 0 fully saturated rings. The van der Waals surface area contributed by atoms with Gasteiger partial charge in [0.2, 0.25) is 0 Å². The molecule has 0 aliphatic carbocycles. The number of fused-ring (bicyclic) bond motifs is 1. The molecule has 0 bridgehead atoms. The molecule has 0 spiro atoms. The molecule has 2 unspecified atom stereocenters. The molecule has 1 amide bonds. The van der Waals surface area contributed by atoms with Crippen LogP contribution in [0.1, 0.15) is 20.8 Å². The lowest BCUT2D eigenvalue weighted by molar-refractivity contribution is -0.114. The number of primary amides is 1. The largest absolute Gasteiger partial charge is 0.516 e. The minimum absolute atomic E-state index is 0.123. The van der Waals surface area contributed by atoms with Crippen LogP contribution in [0.2, 0.25) is 0 Å². The van der Waals surface area contributed by atoms with Gasteiger partial charge in [-0.2, -0.15) is 5.26 Å². The van der Waals surface area contributed by atoms with Gasteiger partial charge in [0.15, 0.2) is 6.23 Å². The van der Waals surface area contributed by atoms with Gasteiger partial charge in [-0.25, -0.2) is 0 Å². The van der Waals surface area contributed by atoms with Gasteiger partial charge in [-0.3, -0.25) is 4.79 Å². The van der Waals surface area contributed by atoms with E-state index in [0.717, 1.165) is 17.4 Å². The van der Waals surface area contributed by atoms with Crippen LogP contribution in [0, 0.1) is 11.3 Å². The highest BCUT2D eigenvalue weighted by Crippen LogP contribution is 2.34. The van der Waals surface area contributed by atoms with Crippen molar-refractivity contribution in [2.45, 2.75) is 33.0 Å².